The van der Waals surface area contributed by atoms with Crippen LogP contribution >= 0.6 is 0 Å². The quantitative estimate of drug-likeness (QED) is 0.586. The van der Waals surface area contributed by atoms with Gasteiger partial charge >= 0.3 is 5.97 Å². The number of hydrogen-bond acceptors (Lipinski definition) is 3. The Hall–Kier alpha value is -1.36. The summed E-state index contributed by atoms with van der Waals surface area (Å²) in [7, 11) is 0. The molecule has 0 aromatic rings. The Morgan fingerprint density at radius 3 is 2.72 bits per heavy atom. The fraction of sp³-hybridized carbons (Fsp3) is 0.692. The largest absolute Gasteiger partial charge is 0.481 e. The summed E-state index contributed by atoms with van der Waals surface area (Å²) in [5.74, 6) is -0.916. The van der Waals surface area contributed by atoms with Crippen LogP contribution in [0.1, 0.15) is 25.7 Å². The molecule has 1 aliphatic carbocycles. The molecule has 0 heterocycles. The van der Waals surface area contributed by atoms with Crippen molar-refractivity contribution in [3.8, 4) is 0 Å². The van der Waals surface area contributed by atoms with Gasteiger partial charge in [-0.3, -0.25) is 9.59 Å². The van der Waals surface area contributed by atoms with Crippen molar-refractivity contribution in [3.63, 3.8) is 0 Å². The molecule has 0 aromatic carbocycles. The van der Waals surface area contributed by atoms with E-state index in [0.717, 1.165) is 25.7 Å². The second-order valence-corrected chi connectivity index (χ2v) is 4.71. The van der Waals surface area contributed by atoms with Crippen molar-refractivity contribution in [1.82, 2.24) is 10.6 Å². The van der Waals surface area contributed by atoms with Crippen LogP contribution in [0.15, 0.2) is 12.7 Å². The first-order valence-corrected chi connectivity index (χ1v) is 6.46. The first-order valence-electron chi connectivity index (χ1n) is 6.46. The molecule has 1 amide bonds. The molecular weight excluding hydrogens is 232 g/mol. The standard InChI is InChI=1S/C13H22N2O3/c1-2-7-15-12(16)9-14-8-10-5-3-4-6-11(10)13(17)18/h2,10-11,14H,1,3-9H2,(H,15,16)(H,17,18). The van der Waals surface area contributed by atoms with E-state index < -0.39 is 5.97 Å². The summed E-state index contributed by atoms with van der Waals surface area (Å²) >= 11 is 0. The Morgan fingerprint density at radius 2 is 2.06 bits per heavy atom. The first kappa shape index (κ1) is 14.7. The van der Waals surface area contributed by atoms with Crippen molar-refractivity contribution in [2.24, 2.45) is 11.8 Å². The van der Waals surface area contributed by atoms with E-state index in [1.807, 2.05) is 0 Å². The second-order valence-electron chi connectivity index (χ2n) is 4.71. The summed E-state index contributed by atoms with van der Waals surface area (Å²) in [4.78, 5) is 22.4. The lowest BCUT2D eigenvalue weighted by Gasteiger charge is -2.28. The third-order valence-electron chi connectivity index (χ3n) is 3.36. The van der Waals surface area contributed by atoms with Gasteiger partial charge in [-0.25, -0.2) is 0 Å². The van der Waals surface area contributed by atoms with Crippen LogP contribution in [0.4, 0.5) is 0 Å². The van der Waals surface area contributed by atoms with Crippen molar-refractivity contribution in [2.75, 3.05) is 19.6 Å². The lowest BCUT2D eigenvalue weighted by Crippen LogP contribution is -2.39. The molecule has 102 valence electrons. The number of carboxylic acids is 1. The van der Waals surface area contributed by atoms with Crippen LogP contribution in [0.25, 0.3) is 0 Å². The van der Waals surface area contributed by atoms with Gasteiger partial charge in [0.25, 0.3) is 0 Å². The third kappa shape index (κ3) is 4.87. The Labute approximate surface area is 108 Å². The smallest absolute Gasteiger partial charge is 0.306 e. The van der Waals surface area contributed by atoms with E-state index in [9.17, 15) is 9.59 Å². The minimum atomic E-state index is -0.711. The van der Waals surface area contributed by atoms with Crippen molar-refractivity contribution in [1.29, 1.82) is 0 Å². The second kappa shape index (κ2) is 7.87. The molecule has 0 saturated heterocycles. The predicted octanol–water partition coefficient (Wildman–Crippen LogP) is 0.769. The van der Waals surface area contributed by atoms with Crippen LogP contribution in [0, 0.1) is 11.8 Å². The summed E-state index contributed by atoms with van der Waals surface area (Å²) < 4.78 is 0. The van der Waals surface area contributed by atoms with Gasteiger partial charge in [-0.2, -0.15) is 0 Å². The summed E-state index contributed by atoms with van der Waals surface area (Å²) in [6.07, 6.45) is 5.38. The van der Waals surface area contributed by atoms with Crippen LogP contribution in [-0.2, 0) is 9.59 Å². The number of aliphatic carboxylic acids is 1. The highest BCUT2D eigenvalue weighted by Gasteiger charge is 2.30. The van der Waals surface area contributed by atoms with Crippen LogP contribution < -0.4 is 10.6 Å². The minimum absolute atomic E-state index is 0.0856. The zero-order valence-electron chi connectivity index (χ0n) is 10.7. The molecule has 0 radical (unpaired) electrons. The summed E-state index contributed by atoms with van der Waals surface area (Å²) in [5.41, 5.74) is 0. The average molecular weight is 254 g/mol. The molecule has 1 fully saturated rings. The van der Waals surface area contributed by atoms with Gasteiger partial charge in [0.2, 0.25) is 5.91 Å². The molecule has 3 N–H and O–H groups in total. The maximum atomic E-state index is 11.3. The zero-order chi connectivity index (χ0) is 13.4. The Kier molecular flexibility index (Phi) is 6.43. The summed E-state index contributed by atoms with van der Waals surface area (Å²) in [5, 5.41) is 14.8. The normalized spacial score (nSPS) is 23.3. The summed E-state index contributed by atoms with van der Waals surface area (Å²) in [6.45, 7) is 4.80. The first-order chi connectivity index (χ1) is 8.65. The molecule has 18 heavy (non-hydrogen) atoms. The van der Waals surface area contributed by atoms with Gasteiger partial charge in [-0.1, -0.05) is 18.9 Å². The molecule has 2 unspecified atom stereocenters. The van der Waals surface area contributed by atoms with E-state index >= 15 is 0 Å². The lowest BCUT2D eigenvalue weighted by molar-refractivity contribution is -0.144. The molecule has 0 bridgehead atoms. The Morgan fingerprint density at radius 1 is 1.33 bits per heavy atom. The van der Waals surface area contributed by atoms with Gasteiger partial charge in [0.15, 0.2) is 0 Å². The zero-order valence-corrected chi connectivity index (χ0v) is 10.7. The van der Waals surface area contributed by atoms with Crippen molar-refractivity contribution in [3.05, 3.63) is 12.7 Å². The monoisotopic (exact) mass is 254 g/mol. The lowest BCUT2D eigenvalue weighted by atomic mass is 9.79. The van der Waals surface area contributed by atoms with E-state index in [2.05, 4.69) is 17.2 Å². The van der Waals surface area contributed by atoms with Gasteiger partial charge in [-0.05, 0) is 25.3 Å². The predicted molar refractivity (Wildman–Crippen MR) is 69.2 cm³/mol. The molecule has 1 saturated carbocycles. The number of hydrogen-bond donors (Lipinski definition) is 3. The maximum absolute atomic E-state index is 11.3. The number of carboxylic acid groups (broad SMARTS) is 1. The van der Waals surface area contributed by atoms with Gasteiger partial charge in [0, 0.05) is 6.54 Å². The molecule has 0 aliphatic heterocycles. The van der Waals surface area contributed by atoms with E-state index in [1.54, 1.807) is 6.08 Å². The van der Waals surface area contributed by atoms with Gasteiger partial charge < -0.3 is 15.7 Å². The maximum Gasteiger partial charge on any atom is 0.306 e. The van der Waals surface area contributed by atoms with Gasteiger partial charge in [0.05, 0.1) is 12.5 Å². The highest BCUT2D eigenvalue weighted by Crippen LogP contribution is 2.29. The fourth-order valence-electron chi connectivity index (χ4n) is 2.40. The van der Waals surface area contributed by atoms with Crippen molar-refractivity contribution in [2.45, 2.75) is 25.7 Å². The van der Waals surface area contributed by atoms with Crippen LogP contribution in [0.5, 0.6) is 0 Å². The van der Waals surface area contributed by atoms with E-state index in [-0.39, 0.29) is 24.3 Å². The third-order valence-corrected chi connectivity index (χ3v) is 3.36. The van der Waals surface area contributed by atoms with Gasteiger partial charge in [-0.15, -0.1) is 6.58 Å². The number of rotatable bonds is 7. The van der Waals surface area contributed by atoms with Gasteiger partial charge in [0.1, 0.15) is 0 Å². The molecule has 0 aromatic heterocycles. The molecule has 1 aliphatic rings. The number of nitrogens with one attached hydrogen (secondary N) is 2. The SMILES string of the molecule is C=CCNC(=O)CNCC1CCCCC1C(=O)O. The van der Waals surface area contributed by atoms with Crippen LogP contribution in [0.2, 0.25) is 0 Å². The topological polar surface area (TPSA) is 78.4 Å². The Balaban J connectivity index is 2.26. The molecule has 2 atom stereocenters. The molecular formula is C13H22N2O3. The van der Waals surface area contributed by atoms with E-state index in [4.69, 9.17) is 5.11 Å². The average Bonchev–Trinajstić information content (AvgIpc) is 2.36. The molecule has 5 nitrogen and oxygen atoms in total. The minimum Gasteiger partial charge on any atom is -0.481 e. The van der Waals surface area contributed by atoms with Crippen molar-refractivity contribution >= 4 is 11.9 Å². The van der Waals surface area contributed by atoms with E-state index in [0.29, 0.717) is 13.1 Å². The number of carbonyl (C=O) groups excluding carboxylic acids is 1. The summed E-state index contributed by atoms with van der Waals surface area (Å²) in [6, 6.07) is 0. The highest BCUT2D eigenvalue weighted by atomic mass is 16.4. The number of amides is 1. The highest BCUT2D eigenvalue weighted by molar-refractivity contribution is 5.78. The van der Waals surface area contributed by atoms with Crippen molar-refractivity contribution < 1.29 is 14.7 Å². The number of carbonyl (C=O) groups is 2. The van der Waals surface area contributed by atoms with Crippen LogP contribution in [-0.4, -0.2) is 36.6 Å². The van der Waals surface area contributed by atoms with Crippen LogP contribution in [0.3, 0.4) is 0 Å². The fourth-order valence-corrected chi connectivity index (χ4v) is 2.40. The molecule has 5 heteroatoms. The molecule has 1 rings (SSSR count). The molecule has 0 spiro atoms. The Bertz CT molecular complexity index is 305. The van der Waals surface area contributed by atoms with E-state index in [1.165, 1.54) is 0 Å².